The number of benzene rings is 2. The minimum Gasteiger partial charge on any atom is -0.394 e. The molecule has 1 N–H and O–H groups in total. The van der Waals surface area contributed by atoms with E-state index >= 15 is 0 Å². The van der Waals surface area contributed by atoms with Crippen LogP contribution in [0.2, 0.25) is 0 Å². The second-order valence-corrected chi connectivity index (χ2v) is 14.6. The third kappa shape index (κ3) is 6.53. The molecule has 0 bridgehead atoms. The van der Waals surface area contributed by atoms with Gasteiger partial charge in [-0.15, -0.1) is 0 Å². The van der Waals surface area contributed by atoms with Crippen molar-refractivity contribution in [3.63, 3.8) is 0 Å². The highest BCUT2D eigenvalue weighted by Gasteiger charge is 2.42. The zero-order chi connectivity index (χ0) is 31.3. The average molecular weight is 614 g/mol. The molecular weight excluding hydrogens is 558 g/mol. The largest absolute Gasteiger partial charge is 0.394 e. The van der Waals surface area contributed by atoms with Crippen LogP contribution in [-0.4, -0.2) is 31.2 Å². The maximum Gasteiger partial charge on any atom is 0.0553 e. The van der Waals surface area contributed by atoms with Crippen LogP contribution >= 0.6 is 0 Å². The number of rotatable bonds is 10. The minimum absolute atomic E-state index is 0.428. The predicted molar refractivity (Wildman–Crippen MR) is 197 cm³/mol. The Morgan fingerprint density at radius 1 is 0.913 bits per heavy atom. The molecule has 1 heterocycles. The lowest BCUT2D eigenvalue weighted by atomic mass is 9.79. The molecule has 46 heavy (non-hydrogen) atoms. The van der Waals surface area contributed by atoms with Crippen molar-refractivity contribution in [1.29, 1.82) is 0 Å². The summed E-state index contributed by atoms with van der Waals surface area (Å²) in [6.07, 6.45) is 35.6. The molecule has 3 nitrogen and oxygen atoms in total. The van der Waals surface area contributed by atoms with Crippen LogP contribution < -0.4 is 15.1 Å². The zero-order valence-corrected chi connectivity index (χ0v) is 28.3. The molecule has 0 amide bonds. The smallest absolute Gasteiger partial charge is 0.0553 e. The summed E-state index contributed by atoms with van der Waals surface area (Å²) in [7, 11) is 1.97. The molecule has 0 spiro atoms. The summed E-state index contributed by atoms with van der Waals surface area (Å²) in [4.78, 5) is 5.76. The fourth-order valence-electron chi connectivity index (χ4n) is 9.19. The molecular formula is C43H55N3. The van der Waals surface area contributed by atoms with Crippen LogP contribution in [-0.2, 0) is 0 Å². The van der Waals surface area contributed by atoms with Crippen LogP contribution in [0, 0.1) is 5.92 Å². The van der Waals surface area contributed by atoms with Gasteiger partial charge in [0.15, 0.2) is 0 Å². The quantitative estimate of drug-likeness (QED) is 0.212. The third-order valence-electron chi connectivity index (χ3n) is 11.5. The summed E-state index contributed by atoms with van der Waals surface area (Å²) < 4.78 is 0. The normalized spacial score (nSPS) is 28.9. The molecule has 6 atom stereocenters. The number of hydrogen-bond acceptors (Lipinski definition) is 3. The fraction of sp³-hybridized carbons (Fsp3) is 0.488. The van der Waals surface area contributed by atoms with E-state index in [4.69, 9.17) is 0 Å². The highest BCUT2D eigenvalue weighted by Crippen LogP contribution is 2.52. The minimum atomic E-state index is 0.428. The van der Waals surface area contributed by atoms with Crippen LogP contribution in [0.15, 0.2) is 103 Å². The van der Waals surface area contributed by atoms with Crippen molar-refractivity contribution in [2.75, 3.05) is 16.8 Å². The molecule has 1 saturated carbocycles. The van der Waals surface area contributed by atoms with Crippen molar-refractivity contribution in [1.82, 2.24) is 5.32 Å². The standard InChI is InChI=1S/C43H55N3/c1-32-22-26-36(27-23-32)45(38-17-11-16-35(31-38)34-14-6-3-7-15-34)41-20-12-21-42-43(41)39-18-8-9-19-40(39)46(42)37-28-24-33(25-29-37)13-5-4-10-30-44-2/h3,6-7,10,12,14-15,18,20-22,24-26,28,30,32,35-38,40,44H,4-5,8-9,11,13,16-17,19,23,27,29,31H2,1-2H3/b30-10-. The zero-order valence-electron chi connectivity index (χ0n) is 28.3. The molecule has 242 valence electrons. The number of nitrogens with one attached hydrogen (secondary N) is 1. The summed E-state index contributed by atoms with van der Waals surface area (Å²) in [6, 6.07) is 20.6. The maximum atomic E-state index is 3.11. The molecule has 1 aliphatic heterocycles. The highest BCUT2D eigenvalue weighted by atomic mass is 15.2. The van der Waals surface area contributed by atoms with Gasteiger partial charge >= 0.3 is 0 Å². The van der Waals surface area contributed by atoms with Crippen LogP contribution in [0.1, 0.15) is 107 Å². The Kier molecular flexibility index (Phi) is 9.84. The number of nitrogens with zero attached hydrogens (tertiary/aromatic N) is 2. The lowest BCUT2D eigenvalue weighted by molar-refractivity contribution is 0.352. The highest BCUT2D eigenvalue weighted by molar-refractivity contribution is 5.95. The number of hydrogen-bond donors (Lipinski definition) is 1. The molecule has 2 aromatic carbocycles. The molecule has 7 rings (SSSR count). The summed E-state index contributed by atoms with van der Waals surface area (Å²) in [6.45, 7) is 2.39. The number of allylic oxidation sites excluding steroid dienone is 5. The van der Waals surface area contributed by atoms with Gasteiger partial charge in [-0.05, 0) is 118 Å². The van der Waals surface area contributed by atoms with Crippen LogP contribution in [0.3, 0.4) is 0 Å². The Bertz CT molecular complexity index is 1480. The number of fused-ring (bicyclic) bond motifs is 3. The van der Waals surface area contributed by atoms with Gasteiger partial charge in [0.2, 0.25) is 0 Å². The van der Waals surface area contributed by atoms with E-state index in [-0.39, 0.29) is 0 Å². The molecule has 0 aromatic heterocycles. The summed E-state index contributed by atoms with van der Waals surface area (Å²) in [5, 5.41) is 3.11. The van der Waals surface area contributed by atoms with E-state index < -0.39 is 0 Å². The Morgan fingerprint density at radius 3 is 2.63 bits per heavy atom. The summed E-state index contributed by atoms with van der Waals surface area (Å²) in [5.41, 5.74) is 9.20. The van der Waals surface area contributed by atoms with Gasteiger partial charge in [0.25, 0.3) is 0 Å². The van der Waals surface area contributed by atoms with Gasteiger partial charge in [-0.2, -0.15) is 0 Å². The van der Waals surface area contributed by atoms with Crippen molar-refractivity contribution in [3.05, 3.63) is 114 Å². The molecule has 1 fully saturated rings. The lowest BCUT2D eigenvalue weighted by Crippen LogP contribution is -2.46. The second kappa shape index (κ2) is 14.5. The Hall–Kier alpha value is -3.46. The van der Waals surface area contributed by atoms with Crippen molar-refractivity contribution in [2.45, 2.75) is 120 Å². The predicted octanol–water partition coefficient (Wildman–Crippen LogP) is 10.5. The van der Waals surface area contributed by atoms with Crippen molar-refractivity contribution in [2.24, 2.45) is 5.92 Å². The Morgan fingerprint density at radius 2 is 1.83 bits per heavy atom. The molecule has 2 aromatic rings. The van der Waals surface area contributed by atoms with Crippen molar-refractivity contribution < 1.29 is 0 Å². The van der Waals surface area contributed by atoms with E-state index in [1.165, 1.54) is 93.1 Å². The molecule has 3 heteroatoms. The molecule has 5 aliphatic rings. The van der Waals surface area contributed by atoms with E-state index in [1.54, 1.807) is 11.1 Å². The van der Waals surface area contributed by atoms with Gasteiger partial charge in [0, 0.05) is 36.1 Å². The maximum absolute atomic E-state index is 3.11. The van der Waals surface area contributed by atoms with Gasteiger partial charge < -0.3 is 15.1 Å². The van der Waals surface area contributed by atoms with Crippen molar-refractivity contribution in [3.8, 4) is 0 Å². The Balaban J connectivity index is 1.21. The van der Waals surface area contributed by atoms with Gasteiger partial charge in [0.05, 0.1) is 12.1 Å². The second-order valence-electron chi connectivity index (χ2n) is 14.6. The van der Waals surface area contributed by atoms with Gasteiger partial charge in [0.1, 0.15) is 0 Å². The van der Waals surface area contributed by atoms with E-state index in [0.29, 0.717) is 36.0 Å². The van der Waals surface area contributed by atoms with E-state index in [9.17, 15) is 0 Å². The van der Waals surface area contributed by atoms with E-state index in [2.05, 4.69) is 119 Å². The SMILES string of the molecule is CN/C=C\CCCC1=CCC(N2c3cccc(N(C4C=CC(C)CC4)C4CCCC(c5ccccc5)C4)c3C3=CCCCC32)C=C1. The van der Waals surface area contributed by atoms with Gasteiger partial charge in [-0.25, -0.2) is 0 Å². The number of anilines is 2. The Labute approximate surface area is 278 Å². The first-order valence-corrected chi connectivity index (χ1v) is 18.5. The summed E-state index contributed by atoms with van der Waals surface area (Å²) >= 11 is 0. The van der Waals surface area contributed by atoms with Gasteiger partial charge in [-0.3, -0.25) is 0 Å². The lowest BCUT2D eigenvalue weighted by Gasteiger charge is -2.45. The van der Waals surface area contributed by atoms with E-state index in [1.807, 2.05) is 7.05 Å². The van der Waals surface area contributed by atoms with Crippen molar-refractivity contribution >= 4 is 16.9 Å². The first-order valence-electron chi connectivity index (χ1n) is 18.5. The summed E-state index contributed by atoms with van der Waals surface area (Å²) in [5.74, 6) is 1.33. The molecule has 6 unspecified atom stereocenters. The first kappa shape index (κ1) is 31.2. The molecule has 0 radical (unpaired) electrons. The third-order valence-corrected chi connectivity index (χ3v) is 11.5. The van der Waals surface area contributed by atoms with Crippen LogP contribution in [0.25, 0.3) is 5.57 Å². The monoisotopic (exact) mass is 613 g/mol. The molecule has 4 aliphatic carbocycles. The van der Waals surface area contributed by atoms with Gasteiger partial charge in [-0.1, -0.05) is 97.8 Å². The van der Waals surface area contributed by atoms with E-state index in [0.717, 1.165) is 12.8 Å². The van der Waals surface area contributed by atoms with Crippen LogP contribution in [0.4, 0.5) is 11.4 Å². The van der Waals surface area contributed by atoms with Crippen LogP contribution in [0.5, 0.6) is 0 Å². The number of unbranched alkanes of at least 4 members (excludes halogenated alkanes) is 1. The fourth-order valence-corrected chi connectivity index (χ4v) is 9.19. The average Bonchev–Trinajstić information content (AvgIpc) is 3.45. The topological polar surface area (TPSA) is 18.5 Å². The first-order chi connectivity index (χ1) is 22.7. The molecule has 0 saturated heterocycles.